The highest BCUT2D eigenvalue weighted by Crippen LogP contribution is 2.17. The first kappa shape index (κ1) is 17.1. The van der Waals surface area contributed by atoms with Crippen molar-refractivity contribution in [3.05, 3.63) is 70.1 Å². The number of esters is 1. The Kier molecular flexibility index (Phi) is 5.41. The summed E-state index contributed by atoms with van der Waals surface area (Å²) in [5, 5.41) is 1.49. The standard InChI is InChI=1S/C16H13ClO5S/c1-21-16(18)13-3-2-4-15(11-13)22-23(19,20)10-9-12-5-7-14(17)8-6-12/h2-11H,1H3/b10-9+. The summed E-state index contributed by atoms with van der Waals surface area (Å²) < 4.78 is 33.4. The average molecular weight is 353 g/mol. The van der Waals surface area contributed by atoms with Crippen LogP contribution in [-0.4, -0.2) is 21.5 Å². The fraction of sp³-hybridized carbons (Fsp3) is 0.0625. The highest BCUT2D eigenvalue weighted by Gasteiger charge is 2.11. The molecule has 0 atom stereocenters. The molecule has 0 saturated heterocycles. The minimum atomic E-state index is -3.96. The van der Waals surface area contributed by atoms with Gasteiger partial charge in [-0.2, -0.15) is 8.42 Å². The maximum Gasteiger partial charge on any atom is 0.337 e. The first-order valence-electron chi connectivity index (χ1n) is 6.46. The molecule has 2 aromatic rings. The van der Waals surface area contributed by atoms with Crippen LogP contribution < -0.4 is 4.18 Å². The number of hydrogen-bond acceptors (Lipinski definition) is 5. The van der Waals surface area contributed by atoms with Gasteiger partial charge in [0.15, 0.2) is 0 Å². The Hall–Kier alpha value is -2.31. The zero-order chi connectivity index (χ0) is 16.9. The molecule has 0 aliphatic rings. The van der Waals surface area contributed by atoms with Crippen LogP contribution in [0.15, 0.2) is 53.9 Å². The van der Waals surface area contributed by atoms with Gasteiger partial charge in [-0.05, 0) is 42.0 Å². The van der Waals surface area contributed by atoms with Crippen molar-refractivity contribution in [1.29, 1.82) is 0 Å². The largest absolute Gasteiger partial charge is 0.465 e. The van der Waals surface area contributed by atoms with Crippen LogP contribution in [0.2, 0.25) is 5.02 Å². The Balaban J connectivity index is 2.15. The predicted octanol–water partition coefficient (Wildman–Crippen LogP) is 3.51. The minimum Gasteiger partial charge on any atom is -0.465 e. The summed E-state index contributed by atoms with van der Waals surface area (Å²) in [5.74, 6) is -0.557. The number of ether oxygens (including phenoxy) is 1. The topological polar surface area (TPSA) is 69.7 Å². The minimum absolute atomic E-state index is 0.0219. The molecule has 2 rings (SSSR count). The van der Waals surface area contributed by atoms with Crippen LogP contribution >= 0.6 is 11.6 Å². The molecule has 2 aromatic carbocycles. The van der Waals surface area contributed by atoms with Crippen molar-refractivity contribution in [1.82, 2.24) is 0 Å². The molecule has 0 N–H and O–H groups in total. The van der Waals surface area contributed by atoms with Crippen molar-refractivity contribution >= 4 is 33.8 Å². The van der Waals surface area contributed by atoms with Gasteiger partial charge in [-0.25, -0.2) is 4.79 Å². The van der Waals surface area contributed by atoms with Gasteiger partial charge >= 0.3 is 16.1 Å². The molecule has 0 unspecified atom stereocenters. The van der Waals surface area contributed by atoms with Crippen LogP contribution in [-0.2, 0) is 14.9 Å². The molecule has 0 aromatic heterocycles. The number of rotatable bonds is 5. The van der Waals surface area contributed by atoms with E-state index in [9.17, 15) is 13.2 Å². The second-order valence-corrected chi connectivity index (χ2v) is 6.31. The van der Waals surface area contributed by atoms with Crippen molar-refractivity contribution < 1.29 is 22.1 Å². The molecule has 0 saturated carbocycles. The van der Waals surface area contributed by atoms with Gasteiger partial charge in [0.25, 0.3) is 0 Å². The van der Waals surface area contributed by atoms with Gasteiger partial charge in [-0.15, -0.1) is 0 Å². The summed E-state index contributed by atoms with van der Waals surface area (Å²) in [6.07, 6.45) is 1.38. The first-order valence-corrected chi connectivity index (χ1v) is 8.31. The number of carbonyl (C=O) groups excluding carboxylic acids is 1. The third-order valence-corrected chi connectivity index (χ3v) is 3.91. The number of halogens is 1. The molecular formula is C16H13ClO5S. The lowest BCUT2D eigenvalue weighted by Crippen LogP contribution is -2.06. The molecule has 0 aliphatic heterocycles. The Morgan fingerprint density at radius 1 is 1.13 bits per heavy atom. The first-order chi connectivity index (χ1) is 10.9. The zero-order valence-corrected chi connectivity index (χ0v) is 13.7. The van der Waals surface area contributed by atoms with Crippen LogP contribution in [0.4, 0.5) is 0 Å². The van der Waals surface area contributed by atoms with E-state index in [4.69, 9.17) is 15.8 Å². The number of benzene rings is 2. The van der Waals surface area contributed by atoms with Gasteiger partial charge in [0.05, 0.1) is 18.1 Å². The van der Waals surface area contributed by atoms with Gasteiger partial charge < -0.3 is 8.92 Å². The van der Waals surface area contributed by atoms with E-state index in [0.717, 1.165) is 5.41 Å². The van der Waals surface area contributed by atoms with Crippen LogP contribution in [0.5, 0.6) is 5.75 Å². The SMILES string of the molecule is COC(=O)c1cccc(OS(=O)(=O)/C=C/c2ccc(Cl)cc2)c1. The van der Waals surface area contributed by atoms with E-state index in [1.165, 1.54) is 37.5 Å². The molecule has 0 fully saturated rings. The van der Waals surface area contributed by atoms with Crippen molar-refractivity contribution in [2.45, 2.75) is 0 Å². The summed E-state index contributed by atoms with van der Waals surface area (Å²) in [6.45, 7) is 0. The van der Waals surface area contributed by atoms with Crippen LogP contribution in [0.25, 0.3) is 6.08 Å². The van der Waals surface area contributed by atoms with Crippen LogP contribution in [0.3, 0.4) is 0 Å². The normalized spacial score (nSPS) is 11.4. The van der Waals surface area contributed by atoms with E-state index >= 15 is 0 Å². The van der Waals surface area contributed by atoms with Crippen molar-refractivity contribution in [3.8, 4) is 5.75 Å². The van der Waals surface area contributed by atoms with E-state index < -0.39 is 16.1 Å². The monoisotopic (exact) mass is 352 g/mol. The molecule has 0 bridgehead atoms. The van der Waals surface area contributed by atoms with Gasteiger partial charge in [0, 0.05) is 5.02 Å². The van der Waals surface area contributed by atoms with Crippen molar-refractivity contribution in [3.63, 3.8) is 0 Å². The summed E-state index contributed by atoms with van der Waals surface area (Å²) in [7, 11) is -2.72. The molecule has 120 valence electrons. The summed E-state index contributed by atoms with van der Waals surface area (Å²) >= 11 is 5.76. The highest BCUT2D eigenvalue weighted by atomic mass is 35.5. The Morgan fingerprint density at radius 3 is 2.48 bits per heavy atom. The lowest BCUT2D eigenvalue weighted by atomic mass is 10.2. The fourth-order valence-corrected chi connectivity index (χ4v) is 2.57. The lowest BCUT2D eigenvalue weighted by Gasteiger charge is -2.05. The fourth-order valence-electron chi connectivity index (χ4n) is 1.69. The summed E-state index contributed by atoms with van der Waals surface area (Å²) in [5.41, 5.74) is 0.853. The van der Waals surface area contributed by atoms with E-state index in [-0.39, 0.29) is 11.3 Å². The number of carbonyl (C=O) groups is 1. The lowest BCUT2D eigenvalue weighted by molar-refractivity contribution is 0.0600. The van der Waals surface area contributed by atoms with Crippen LogP contribution in [0, 0.1) is 0 Å². The zero-order valence-electron chi connectivity index (χ0n) is 12.1. The van der Waals surface area contributed by atoms with Gasteiger partial charge in [0.1, 0.15) is 5.75 Å². The third-order valence-electron chi connectivity index (χ3n) is 2.76. The third kappa shape index (κ3) is 5.12. The molecule has 0 radical (unpaired) electrons. The van der Waals surface area contributed by atoms with E-state index in [1.54, 1.807) is 24.3 Å². The summed E-state index contributed by atoms with van der Waals surface area (Å²) in [4.78, 5) is 11.4. The number of methoxy groups -OCH3 is 1. The smallest absolute Gasteiger partial charge is 0.337 e. The van der Waals surface area contributed by atoms with Crippen LogP contribution in [0.1, 0.15) is 15.9 Å². The molecule has 0 amide bonds. The quantitative estimate of drug-likeness (QED) is 0.608. The molecule has 0 spiro atoms. The second kappa shape index (κ2) is 7.30. The Morgan fingerprint density at radius 2 is 1.83 bits per heavy atom. The molecule has 7 heteroatoms. The van der Waals surface area contributed by atoms with E-state index in [1.807, 2.05) is 0 Å². The van der Waals surface area contributed by atoms with Gasteiger partial charge in [-0.3, -0.25) is 0 Å². The number of hydrogen-bond donors (Lipinski definition) is 0. The molecule has 0 heterocycles. The maximum absolute atomic E-state index is 11.9. The van der Waals surface area contributed by atoms with E-state index in [0.29, 0.717) is 10.6 Å². The average Bonchev–Trinajstić information content (AvgIpc) is 2.53. The maximum atomic E-state index is 11.9. The molecule has 0 aliphatic carbocycles. The Bertz CT molecular complexity index is 826. The Labute approximate surface area is 139 Å². The van der Waals surface area contributed by atoms with Crippen molar-refractivity contribution in [2.75, 3.05) is 7.11 Å². The summed E-state index contributed by atoms with van der Waals surface area (Å²) in [6, 6.07) is 12.4. The van der Waals surface area contributed by atoms with Crippen molar-refractivity contribution in [2.24, 2.45) is 0 Å². The highest BCUT2D eigenvalue weighted by molar-refractivity contribution is 7.90. The second-order valence-electron chi connectivity index (χ2n) is 4.45. The van der Waals surface area contributed by atoms with Gasteiger partial charge in [-0.1, -0.05) is 29.8 Å². The molecule has 23 heavy (non-hydrogen) atoms. The van der Waals surface area contributed by atoms with E-state index in [2.05, 4.69) is 4.74 Å². The predicted molar refractivity (Wildman–Crippen MR) is 87.8 cm³/mol. The molecule has 5 nitrogen and oxygen atoms in total. The molecular weight excluding hydrogens is 340 g/mol. The van der Waals surface area contributed by atoms with Gasteiger partial charge in [0.2, 0.25) is 0 Å².